The van der Waals surface area contributed by atoms with E-state index in [1.54, 1.807) is 0 Å². The summed E-state index contributed by atoms with van der Waals surface area (Å²) >= 11 is 2.21. The Balaban J connectivity index is 3.14. The first-order chi connectivity index (χ1) is 11.8. The molecule has 0 unspecified atom stereocenters. The van der Waals surface area contributed by atoms with Crippen LogP contribution in [-0.2, 0) is 4.74 Å². The smallest absolute Gasteiger partial charge is 0.412 e. The summed E-state index contributed by atoms with van der Waals surface area (Å²) in [6.07, 6.45) is -0.451. The standard InChI is InChI=1S/C20H34INO3Si/c1-13(2)26(14(3)4,15(5)6)25-16-10-11-17(21)18(12-16)22-19(23)24-20(7,8)9/h10-15H,1-9H3,(H,22,23). The van der Waals surface area contributed by atoms with E-state index in [0.717, 1.165) is 15.0 Å². The molecule has 0 aliphatic rings. The van der Waals surface area contributed by atoms with Gasteiger partial charge in [-0.25, -0.2) is 4.79 Å². The van der Waals surface area contributed by atoms with E-state index in [9.17, 15) is 4.79 Å². The first-order valence-electron chi connectivity index (χ1n) is 9.28. The van der Waals surface area contributed by atoms with Gasteiger partial charge in [-0.05, 0) is 72.1 Å². The maximum Gasteiger partial charge on any atom is 0.412 e. The number of halogens is 1. The van der Waals surface area contributed by atoms with Crippen LogP contribution in [0.3, 0.4) is 0 Å². The Hall–Kier alpha value is -0.763. The van der Waals surface area contributed by atoms with Crippen molar-refractivity contribution in [2.24, 2.45) is 0 Å². The van der Waals surface area contributed by atoms with Gasteiger partial charge in [-0.1, -0.05) is 41.5 Å². The quantitative estimate of drug-likeness (QED) is 0.338. The van der Waals surface area contributed by atoms with Gasteiger partial charge in [0.15, 0.2) is 0 Å². The van der Waals surface area contributed by atoms with Crippen molar-refractivity contribution in [3.63, 3.8) is 0 Å². The number of rotatable bonds is 6. The molecule has 4 nitrogen and oxygen atoms in total. The summed E-state index contributed by atoms with van der Waals surface area (Å²) in [6.45, 7) is 19.1. The molecule has 0 heterocycles. The maximum absolute atomic E-state index is 12.1. The van der Waals surface area contributed by atoms with E-state index in [4.69, 9.17) is 9.16 Å². The molecule has 6 heteroatoms. The molecule has 0 aliphatic heterocycles. The molecule has 0 fully saturated rings. The molecule has 1 rings (SSSR count). The molecule has 1 aromatic carbocycles. The molecule has 0 saturated heterocycles. The Bertz CT molecular complexity index is 602. The highest BCUT2D eigenvalue weighted by Gasteiger charge is 2.47. The number of carbonyl (C=O) groups is 1. The molecule has 0 radical (unpaired) electrons. The molecular formula is C20H34INO3Si. The molecule has 0 spiro atoms. The number of anilines is 1. The van der Waals surface area contributed by atoms with Crippen LogP contribution in [0.4, 0.5) is 10.5 Å². The third kappa shape index (κ3) is 5.87. The Morgan fingerprint density at radius 1 is 1.04 bits per heavy atom. The second-order valence-corrected chi connectivity index (χ2v) is 15.2. The average molecular weight is 491 g/mol. The molecule has 0 aliphatic carbocycles. The van der Waals surface area contributed by atoms with Gasteiger partial charge in [0.05, 0.1) is 5.69 Å². The van der Waals surface area contributed by atoms with E-state index < -0.39 is 20.0 Å². The summed E-state index contributed by atoms with van der Waals surface area (Å²) in [7, 11) is -2.03. The van der Waals surface area contributed by atoms with Crippen molar-refractivity contribution in [1.82, 2.24) is 0 Å². The molecular weight excluding hydrogens is 457 g/mol. The van der Waals surface area contributed by atoms with Gasteiger partial charge >= 0.3 is 6.09 Å². The lowest BCUT2D eigenvalue weighted by molar-refractivity contribution is 0.0636. The lowest BCUT2D eigenvalue weighted by atomic mass is 10.2. The number of hydrogen-bond donors (Lipinski definition) is 1. The summed E-state index contributed by atoms with van der Waals surface area (Å²) in [5.74, 6) is 0.819. The summed E-state index contributed by atoms with van der Waals surface area (Å²) in [5, 5.41) is 2.85. The highest BCUT2D eigenvalue weighted by atomic mass is 127. The number of amides is 1. The van der Waals surface area contributed by atoms with Crippen molar-refractivity contribution in [2.75, 3.05) is 5.32 Å². The predicted octanol–water partition coefficient (Wildman–Crippen LogP) is 7.19. The molecule has 1 aromatic rings. The van der Waals surface area contributed by atoms with Crippen LogP contribution in [0.15, 0.2) is 18.2 Å². The minimum atomic E-state index is -2.03. The van der Waals surface area contributed by atoms with Crippen LogP contribution in [-0.4, -0.2) is 20.0 Å². The van der Waals surface area contributed by atoms with Crippen molar-refractivity contribution in [3.8, 4) is 5.75 Å². The average Bonchev–Trinajstić information content (AvgIpc) is 2.44. The van der Waals surface area contributed by atoms with Gasteiger partial charge in [0.25, 0.3) is 8.32 Å². The Morgan fingerprint density at radius 3 is 1.96 bits per heavy atom. The molecule has 26 heavy (non-hydrogen) atoms. The highest BCUT2D eigenvalue weighted by Crippen LogP contribution is 2.43. The normalized spacial score (nSPS) is 12.7. The van der Waals surface area contributed by atoms with Crippen LogP contribution >= 0.6 is 22.6 Å². The fourth-order valence-corrected chi connectivity index (χ4v) is 9.35. The van der Waals surface area contributed by atoms with Crippen molar-refractivity contribution in [2.45, 2.75) is 84.5 Å². The Kier molecular flexibility index (Phi) is 8.01. The van der Waals surface area contributed by atoms with Crippen molar-refractivity contribution < 1.29 is 14.0 Å². The van der Waals surface area contributed by atoms with Gasteiger partial charge in [-0.2, -0.15) is 0 Å². The third-order valence-corrected chi connectivity index (χ3v) is 11.5. The largest absolute Gasteiger partial charge is 0.543 e. The van der Waals surface area contributed by atoms with Crippen LogP contribution in [0.25, 0.3) is 0 Å². The Morgan fingerprint density at radius 2 is 1.54 bits per heavy atom. The van der Waals surface area contributed by atoms with E-state index in [1.165, 1.54) is 0 Å². The van der Waals surface area contributed by atoms with Gasteiger partial charge in [0.1, 0.15) is 11.4 Å². The lowest BCUT2D eigenvalue weighted by Gasteiger charge is -2.42. The zero-order chi connectivity index (χ0) is 20.3. The van der Waals surface area contributed by atoms with Gasteiger partial charge in [-0.15, -0.1) is 0 Å². The van der Waals surface area contributed by atoms with Crippen LogP contribution < -0.4 is 9.74 Å². The summed E-state index contributed by atoms with van der Waals surface area (Å²) in [6, 6.07) is 5.89. The molecule has 148 valence electrons. The SMILES string of the molecule is CC(C)[Si](Oc1ccc(I)c(NC(=O)OC(C)(C)C)c1)(C(C)C)C(C)C. The zero-order valence-corrected chi connectivity index (χ0v) is 20.7. The van der Waals surface area contributed by atoms with Gasteiger partial charge in [0, 0.05) is 9.64 Å². The number of benzene rings is 1. The van der Waals surface area contributed by atoms with Crippen molar-refractivity contribution in [3.05, 3.63) is 21.8 Å². The van der Waals surface area contributed by atoms with Gasteiger partial charge in [-0.3, -0.25) is 5.32 Å². The van der Waals surface area contributed by atoms with Crippen LogP contribution in [0.2, 0.25) is 16.6 Å². The zero-order valence-electron chi connectivity index (χ0n) is 17.6. The molecule has 1 N–H and O–H groups in total. The number of nitrogens with one attached hydrogen (secondary N) is 1. The first-order valence-corrected chi connectivity index (χ1v) is 12.5. The van der Waals surface area contributed by atoms with Crippen LogP contribution in [0.1, 0.15) is 62.3 Å². The van der Waals surface area contributed by atoms with Gasteiger partial charge < -0.3 is 9.16 Å². The maximum atomic E-state index is 12.1. The molecule has 0 aromatic heterocycles. The van der Waals surface area contributed by atoms with Crippen LogP contribution in [0.5, 0.6) is 5.75 Å². The minimum Gasteiger partial charge on any atom is -0.543 e. The molecule has 0 bridgehead atoms. The summed E-state index contributed by atoms with van der Waals surface area (Å²) in [4.78, 5) is 12.1. The van der Waals surface area contributed by atoms with E-state index in [1.807, 2.05) is 39.0 Å². The molecule has 1 amide bonds. The second-order valence-electron chi connectivity index (χ2n) is 8.69. The van der Waals surface area contributed by atoms with E-state index >= 15 is 0 Å². The first kappa shape index (κ1) is 23.3. The predicted molar refractivity (Wildman–Crippen MR) is 121 cm³/mol. The minimum absolute atomic E-state index is 0.451. The fraction of sp³-hybridized carbons (Fsp3) is 0.650. The van der Waals surface area contributed by atoms with E-state index in [2.05, 4.69) is 69.5 Å². The highest BCUT2D eigenvalue weighted by molar-refractivity contribution is 14.1. The lowest BCUT2D eigenvalue weighted by Crippen LogP contribution is -2.50. The molecule has 0 atom stereocenters. The fourth-order valence-electron chi connectivity index (χ4n) is 3.63. The number of carbonyl (C=O) groups excluding carboxylic acids is 1. The van der Waals surface area contributed by atoms with Crippen molar-refractivity contribution in [1.29, 1.82) is 0 Å². The molecule has 0 saturated carbocycles. The number of ether oxygens (including phenoxy) is 1. The van der Waals surface area contributed by atoms with Gasteiger partial charge in [0.2, 0.25) is 0 Å². The number of hydrogen-bond acceptors (Lipinski definition) is 3. The summed E-state index contributed by atoms with van der Waals surface area (Å²) < 4.78 is 13.0. The van der Waals surface area contributed by atoms with Crippen molar-refractivity contribution >= 4 is 42.7 Å². The second kappa shape index (κ2) is 8.95. The van der Waals surface area contributed by atoms with E-state index in [-0.39, 0.29) is 0 Å². The van der Waals surface area contributed by atoms with Crippen LogP contribution in [0, 0.1) is 3.57 Å². The summed E-state index contributed by atoms with van der Waals surface area (Å²) in [5.41, 5.74) is 1.66. The topological polar surface area (TPSA) is 47.6 Å². The monoisotopic (exact) mass is 491 g/mol. The van der Waals surface area contributed by atoms with E-state index in [0.29, 0.717) is 16.6 Å². The Labute approximate surface area is 173 Å². The third-order valence-electron chi connectivity index (χ3n) is 4.58.